The Morgan fingerprint density at radius 3 is 2.44 bits per heavy atom. The summed E-state index contributed by atoms with van der Waals surface area (Å²) in [6.45, 7) is 0. The predicted octanol–water partition coefficient (Wildman–Crippen LogP) is 3.73. The first kappa shape index (κ1) is 22.2. The standard InChI is InChI=1S/C20H15ClF3N3O4S/c1-27(20(29)25-9-2-3-13(22)12(21)4-9)17-8-32(30,31)7-16-18(17)10-5-14(23)15(24)6-11(10)19(28)26-16/h2-6,17H,7-8H2,1H3,(H,25,29)(H,26,28)/t17-/m0/s1. The molecule has 1 aliphatic heterocycles. The van der Waals surface area contributed by atoms with Crippen LogP contribution in [0.3, 0.4) is 0 Å². The maximum absolute atomic E-state index is 14.0. The topological polar surface area (TPSA) is 99.3 Å². The van der Waals surface area contributed by atoms with Crippen LogP contribution < -0.4 is 10.9 Å². The molecule has 0 aliphatic carbocycles. The normalized spacial score (nSPS) is 17.1. The molecule has 0 unspecified atom stereocenters. The number of benzene rings is 2. The van der Waals surface area contributed by atoms with Crippen LogP contribution in [-0.4, -0.2) is 37.1 Å². The van der Waals surface area contributed by atoms with Gasteiger partial charge < -0.3 is 15.2 Å². The Bertz CT molecular complexity index is 1440. The number of H-pyrrole nitrogens is 1. The highest BCUT2D eigenvalue weighted by atomic mass is 35.5. The van der Waals surface area contributed by atoms with Crippen molar-refractivity contribution in [2.75, 3.05) is 18.1 Å². The number of aromatic amines is 1. The van der Waals surface area contributed by atoms with Crippen LogP contribution in [0.5, 0.6) is 0 Å². The molecule has 1 aliphatic rings. The zero-order chi connectivity index (χ0) is 23.4. The molecule has 168 valence electrons. The summed E-state index contributed by atoms with van der Waals surface area (Å²) >= 11 is 5.72. The molecule has 7 nitrogen and oxygen atoms in total. The average Bonchev–Trinajstić information content (AvgIpc) is 2.70. The number of nitrogens with one attached hydrogen (secondary N) is 2. The number of aromatic nitrogens is 1. The second-order valence-corrected chi connectivity index (χ2v) is 9.91. The summed E-state index contributed by atoms with van der Waals surface area (Å²) in [6.07, 6.45) is 0. The fraction of sp³-hybridized carbons (Fsp3) is 0.200. The summed E-state index contributed by atoms with van der Waals surface area (Å²) in [5, 5.41) is 2.09. The molecule has 2 amide bonds. The molecule has 0 fully saturated rings. The molecular formula is C20H15ClF3N3O4S. The highest BCUT2D eigenvalue weighted by Gasteiger charge is 2.37. The van der Waals surface area contributed by atoms with Gasteiger partial charge in [-0.1, -0.05) is 11.6 Å². The largest absolute Gasteiger partial charge is 0.324 e. The molecule has 1 aromatic heterocycles. The van der Waals surface area contributed by atoms with Crippen molar-refractivity contribution in [2.24, 2.45) is 0 Å². The highest BCUT2D eigenvalue weighted by molar-refractivity contribution is 7.90. The van der Waals surface area contributed by atoms with Gasteiger partial charge >= 0.3 is 6.03 Å². The van der Waals surface area contributed by atoms with E-state index in [1.165, 1.54) is 19.2 Å². The Morgan fingerprint density at radius 2 is 1.78 bits per heavy atom. The van der Waals surface area contributed by atoms with Crippen molar-refractivity contribution in [3.63, 3.8) is 0 Å². The van der Waals surface area contributed by atoms with Crippen LogP contribution in [0.25, 0.3) is 10.8 Å². The Morgan fingerprint density at radius 1 is 1.12 bits per heavy atom. The zero-order valence-electron chi connectivity index (χ0n) is 16.4. The van der Waals surface area contributed by atoms with Gasteiger partial charge in [0.25, 0.3) is 5.56 Å². The van der Waals surface area contributed by atoms with Crippen LogP contribution in [0.1, 0.15) is 17.3 Å². The van der Waals surface area contributed by atoms with E-state index in [2.05, 4.69) is 10.3 Å². The van der Waals surface area contributed by atoms with Crippen LogP contribution in [0.15, 0.2) is 35.1 Å². The molecule has 0 saturated carbocycles. The van der Waals surface area contributed by atoms with E-state index in [9.17, 15) is 31.2 Å². The number of halogens is 4. The van der Waals surface area contributed by atoms with Crippen LogP contribution in [-0.2, 0) is 15.6 Å². The van der Waals surface area contributed by atoms with Crippen LogP contribution in [0, 0.1) is 17.5 Å². The molecule has 12 heteroatoms. The lowest BCUT2D eigenvalue weighted by atomic mass is 9.97. The number of hydrogen-bond donors (Lipinski definition) is 2. The Balaban J connectivity index is 1.81. The molecule has 32 heavy (non-hydrogen) atoms. The summed E-state index contributed by atoms with van der Waals surface area (Å²) in [5.74, 6) is -4.16. The summed E-state index contributed by atoms with van der Waals surface area (Å²) < 4.78 is 66.1. The van der Waals surface area contributed by atoms with E-state index >= 15 is 0 Å². The Kier molecular flexibility index (Phi) is 5.41. The van der Waals surface area contributed by atoms with E-state index in [-0.39, 0.29) is 32.7 Å². The molecular weight excluding hydrogens is 471 g/mol. The first-order valence-electron chi connectivity index (χ1n) is 9.20. The van der Waals surface area contributed by atoms with Gasteiger partial charge in [0.15, 0.2) is 21.5 Å². The smallest absolute Gasteiger partial charge is 0.322 e. The summed E-state index contributed by atoms with van der Waals surface area (Å²) in [4.78, 5) is 28.7. The van der Waals surface area contributed by atoms with Gasteiger partial charge in [-0.3, -0.25) is 4.79 Å². The first-order chi connectivity index (χ1) is 15.0. The molecule has 0 radical (unpaired) electrons. The predicted molar refractivity (Wildman–Crippen MR) is 113 cm³/mol. The van der Waals surface area contributed by atoms with E-state index in [4.69, 9.17) is 11.6 Å². The van der Waals surface area contributed by atoms with Gasteiger partial charge in [0.2, 0.25) is 0 Å². The molecule has 0 saturated heterocycles. The Hall–Kier alpha value is -3.05. The van der Waals surface area contributed by atoms with Crippen molar-refractivity contribution < 1.29 is 26.4 Å². The van der Waals surface area contributed by atoms with Gasteiger partial charge in [0.05, 0.1) is 28.0 Å². The van der Waals surface area contributed by atoms with Crippen LogP contribution in [0.4, 0.5) is 23.7 Å². The van der Waals surface area contributed by atoms with Gasteiger partial charge in [-0.05, 0) is 35.7 Å². The minimum absolute atomic E-state index is 0.00534. The number of urea groups is 1. The number of sulfone groups is 1. The molecule has 0 bridgehead atoms. The maximum Gasteiger partial charge on any atom is 0.322 e. The number of carbonyl (C=O) groups is 1. The fourth-order valence-corrected chi connectivity index (χ4v) is 5.56. The minimum Gasteiger partial charge on any atom is -0.324 e. The van der Waals surface area contributed by atoms with Gasteiger partial charge in [0, 0.05) is 24.0 Å². The van der Waals surface area contributed by atoms with E-state index < -0.39 is 56.4 Å². The molecule has 0 spiro atoms. The molecule has 2 aromatic carbocycles. The number of amides is 2. The van der Waals surface area contributed by atoms with Crippen molar-refractivity contribution in [3.8, 4) is 0 Å². The van der Waals surface area contributed by atoms with Gasteiger partial charge in [0.1, 0.15) is 5.82 Å². The third-order valence-corrected chi connectivity index (χ3v) is 7.09. The lowest BCUT2D eigenvalue weighted by Crippen LogP contribution is -2.41. The number of fused-ring (bicyclic) bond motifs is 3. The van der Waals surface area contributed by atoms with Gasteiger partial charge in [-0.25, -0.2) is 26.4 Å². The van der Waals surface area contributed by atoms with Crippen molar-refractivity contribution in [1.29, 1.82) is 0 Å². The van der Waals surface area contributed by atoms with Crippen molar-refractivity contribution >= 4 is 43.9 Å². The number of carbonyl (C=O) groups excluding carboxylic acids is 1. The highest BCUT2D eigenvalue weighted by Crippen LogP contribution is 2.36. The van der Waals surface area contributed by atoms with E-state index in [1.54, 1.807) is 0 Å². The lowest BCUT2D eigenvalue weighted by Gasteiger charge is -2.33. The summed E-state index contributed by atoms with van der Waals surface area (Å²) in [5.41, 5.74) is -0.425. The number of pyridine rings is 1. The molecule has 1 atom stereocenters. The monoisotopic (exact) mass is 485 g/mol. The molecule has 2 N–H and O–H groups in total. The number of hydrogen-bond acceptors (Lipinski definition) is 4. The van der Waals surface area contributed by atoms with Gasteiger partial charge in [-0.2, -0.15) is 0 Å². The first-order valence-corrected chi connectivity index (χ1v) is 11.4. The number of rotatable bonds is 2. The van der Waals surface area contributed by atoms with Crippen LogP contribution >= 0.6 is 11.6 Å². The quantitative estimate of drug-likeness (QED) is 0.577. The van der Waals surface area contributed by atoms with Crippen LogP contribution in [0.2, 0.25) is 5.02 Å². The zero-order valence-corrected chi connectivity index (χ0v) is 18.0. The second-order valence-electron chi connectivity index (χ2n) is 7.40. The van der Waals surface area contributed by atoms with E-state index in [0.29, 0.717) is 0 Å². The van der Waals surface area contributed by atoms with E-state index in [1.807, 2.05) is 0 Å². The van der Waals surface area contributed by atoms with Crippen molar-refractivity contribution in [1.82, 2.24) is 9.88 Å². The second kappa shape index (κ2) is 7.82. The van der Waals surface area contributed by atoms with Crippen molar-refractivity contribution in [3.05, 3.63) is 74.4 Å². The van der Waals surface area contributed by atoms with Gasteiger partial charge in [-0.15, -0.1) is 0 Å². The minimum atomic E-state index is -3.74. The summed E-state index contributed by atoms with van der Waals surface area (Å²) in [7, 11) is -2.43. The Labute approximate surface area is 184 Å². The lowest BCUT2D eigenvalue weighted by molar-refractivity contribution is 0.208. The average molecular weight is 486 g/mol. The summed E-state index contributed by atoms with van der Waals surface area (Å²) in [6, 6.07) is 3.16. The third kappa shape index (κ3) is 3.93. The molecule has 2 heterocycles. The number of anilines is 1. The fourth-order valence-electron chi connectivity index (χ4n) is 3.72. The third-order valence-electron chi connectivity index (χ3n) is 5.25. The number of nitrogens with zero attached hydrogens (tertiary/aromatic N) is 1. The SMILES string of the molecule is CN(C(=O)Nc1ccc(F)c(Cl)c1)[C@H]1CS(=O)(=O)Cc2[nH]c(=O)c3cc(F)c(F)cc3c21. The maximum atomic E-state index is 14.0. The van der Waals surface area contributed by atoms with E-state index in [0.717, 1.165) is 23.1 Å². The molecule has 4 rings (SSSR count). The molecule has 3 aromatic rings. The van der Waals surface area contributed by atoms with Crippen molar-refractivity contribution in [2.45, 2.75) is 11.8 Å².